The molecule has 1 aliphatic heterocycles. The zero-order valence-corrected chi connectivity index (χ0v) is 16.2. The Kier molecular flexibility index (Phi) is 4.60. The molecule has 3 aromatic heterocycles. The van der Waals surface area contributed by atoms with E-state index in [0.29, 0.717) is 16.8 Å². The van der Waals surface area contributed by atoms with Gasteiger partial charge in [-0.15, -0.1) is 0 Å². The number of imidazole rings is 1. The second-order valence-electron chi connectivity index (χ2n) is 7.37. The van der Waals surface area contributed by atoms with Gasteiger partial charge < -0.3 is 9.47 Å². The van der Waals surface area contributed by atoms with Gasteiger partial charge in [0.05, 0.1) is 5.56 Å². The van der Waals surface area contributed by atoms with Crippen LogP contribution in [0.1, 0.15) is 24.4 Å². The number of nitriles is 1. The van der Waals surface area contributed by atoms with Crippen molar-refractivity contribution in [1.29, 1.82) is 5.26 Å². The van der Waals surface area contributed by atoms with Crippen molar-refractivity contribution in [2.45, 2.75) is 18.9 Å². The molecule has 0 radical (unpaired) electrons. The number of nitrogens with zero attached hydrogens (tertiary/aromatic N) is 6. The Morgan fingerprint density at radius 2 is 1.87 bits per heavy atom. The molecule has 0 N–H and O–H groups in total. The van der Waals surface area contributed by atoms with Crippen molar-refractivity contribution in [3.8, 4) is 17.6 Å². The van der Waals surface area contributed by atoms with Crippen molar-refractivity contribution < 1.29 is 4.39 Å². The Morgan fingerprint density at radius 1 is 1.00 bits per heavy atom. The molecule has 1 saturated heterocycles. The minimum atomic E-state index is -0.329. The Bertz CT molecular complexity index is 1250. The Balaban J connectivity index is 1.40. The minimum Gasteiger partial charge on any atom is -0.355 e. The molecule has 148 valence electrons. The molecule has 0 spiro atoms. The average molecular weight is 398 g/mol. The topological polar surface area (TPSA) is 70.6 Å². The summed E-state index contributed by atoms with van der Waals surface area (Å²) >= 11 is 0. The standard InChI is InChI=1S/C23H19FN6/c24-19-5-1-3-16-6-7-20(28-21(16)19)23-27-11-14-30(23)18-8-12-29(13-9-18)22-17(15-25)4-2-10-26-22/h1-7,10-11,14,18H,8-9,12-13H2. The van der Waals surface area contributed by atoms with Crippen LogP contribution in [0.25, 0.3) is 22.4 Å². The third kappa shape index (κ3) is 3.16. The summed E-state index contributed by atoms with van der Waals surface area (Å²) < 4.78 is 16.3. The number of rotatable bonds is 3. The highest BCUT2D eigenvalue weighted by molar-refractivity contribution is 5.81. The van der Waals surface area contributed by atoms with Crippen LogP contribution < -0.4 is 4.90 Å². The number of benzene rings is 1. The molecular formula is C23H19FN6. The molecule has 7 heteroatoms. The lowest BCUT2D eigenvalue weighted by Gasteiger charge is -2.34. The highest BCUT2D eigenvalue weighted by atomic mass is 19.1. The van der Waals surface area contributed by atoms with Crippen LogP contribution >= 0.6 is 0 Å². The van der Waals surface area contributed by atoms with E-state index in [4.69, 9.17) is 0 Å². The van der Waals surface area contributed by atoms with Crippen LogP contribution in [0.2, 0.25) is 0 Å². The van der Waals surface area contributed by atoms with Gasteiger partial charge in [0, 0.05) is 43.1 Å². The van der Waals surface area contributed by atoms with E-state index in [1.165, 1.54) is 6.07 Å². The first kappa shape index (κ1) is 18.3. The molecule has 0 aliphatic carbocycles. The molecular weight excluding hydrogens is 379 g/mol. The lowest BCUT2D eigenvalue weighted by Crippen LogP contribution is -2.35. The van der Waals surface area contributed by atoms with Crippen molar-refractivity contribution in [2.24, 2.45) is 0 Å². The van der Waals surface area contributed by atoms with E-state index in [-0.39, 0.29) is 11.9 Å². The number of aromatic nitrogens is 4. The third-order valence-electron chi connectivity index (χ3n) is 5.63. The van der Waals surface area contributed by atoms with Gasteiger partial charge >= 0.3 is 0 Å². The fourth-order valence-corrected chi connectivity index (χ4v) is 4.13. The molecule has 1 aromatic carbocycles. The molecule has 4 heterocycles. The highest BCUT2D eigenvalue weighted by Crippen LogP contribution is 2.31. The van der Waals surface area contributed by atoms with Crippen LogP contribution in [0.3, 0.4) is 0 Å². The number of halogens is 1. The summed E-state index contributed by atoms with van der Waals surface area (Å²) in [6.45, 7) is 1.60. The molecule has 4 aromatic rings. The van der Waals surface area contributed by atoms with Gasteiger partial charge in [0.2, 0.25) is 0 Å². The van der Waals surface area contributed by atoms with Crippen molar-refractivity contribution in [3.63, 3.8) is 0 Å². The van der Waals surface area contributed by atoms with Crippen LogP contribution in [0, 0.1) is 17.1 Å². The second kappa shape index (κ2) is 7.56. The van der Waals surface area contributed by atoms with Crippen molar-refractivity contribution >= 4 is 16.7 Å². The van der Waals surface area contributed by atoms with Gasteiger partial charge in [-0.05, 0) is 37.1 Å². The van der Waals surface area contributed by atoms with Gasteiger partial charge in [0.1, 0.15) is 28.9 Å². The smallest absolute Gasteiger partial charge is 0.158 e. The fourth-order valence-electron chi connectivity index (χ4n) is 4.13. The van der Waals surface area contributed by atoms with Crippen LogP contribution in [0.15, 0.2) is 61.1 Å². The summed E-state index contributed by atoms with van der Waals surface area (Å²) in [7, 11) is 0. The maximum atomic E-state index is 14.2. The zero-order chi connectivity index (χ0) is 20.5. The van der Waals surface area contributed by atoms with Gasteiger partial charge in [-0.1, -0.05) is 18.2 Å². The first-order chi connectivity index (χ1) is 14.7. The van der Waals surface area contributed by atoms with Crippen molar-refractivity contribution in [1.82, 2.24) is 19.5 Å². The zero-order valence-electron chi connectivity index (χ0n) is 16.2. The normalized spacial score (nSPS) is 14.7. The number of pyridine rings is 2. The maximum Gasteiger partial charge on any atom is 0.158 e. The molecule has 0 bridgehead atoms. The predicted molar refractivity (Wildman–Crippen MR) is 112 cm³/mol. The van der Waals surface area contributed by atoms with E-state index < -0.39 is 0 Å². The largest absolute Gasteiger partial charge is 0.355 e. The molecule has 1 aliphatic rings. The van der Waals surface area contributed by atoms with Crippen LogP contribution in [0.5, 0.6) is 0 Å². The van der Waals surface area contributed by atoms with Crippen molar-refractivity contribution in [3.05, 3.63) is 72.4 Å². The van der Waals surface area contributed by atoms with E-state index in [2.05, 4.69) is 30.5 Å². The van der Waals surface area contributed by atoms with Gasteiger partial charge in [0.25, 0.3) is 0 Å². The number of anilines is 1. The quantitative estimate of drug-likeness (QED) is 0.513. The molecule has 0 amide bonds. The number of para-hydroxylation sites is 1. The summed E-state index contributed by atoms with van der Waals surface area (Å²) in [5.41, 5.74) is 1.62. The van der Waals surface area contributed by atoms with Crippen LogP contribution in [0.4, 0.5) is 10.2 Å². The number of fused-ring (bicyclic) bond motifs is 1. The number of hydrogen-bond donors (Lipinski definition) is 0. The Hall–Kier alpha value is -3.79. The first-order valence-electron chi connectivity index (χ1n) is 9.93. The lowest BCUT2D eigenvalue weighted by molar-refractivity contribution is 0.397. The van der Waals surface area contributed by atoms with E-state index >= 15 is 0 Å². The molecule has 6 nitrogen and oxygen atoms in total. The second-order valence-corrected chi connectivity index (χ2v) is 7.37. The number of piperidine rings is 1. The molecule has 0 unspecified atom stereocenters. The summed E-state index contributed by atoms with van der Waals surface area (Å²) in [6, 6.07) is 14.8. The van der Waals surface area contributed by atoms with Gasteiger partial charge in [-0.3, -0.25) is 0 Å². The monoisotopic (exact) mass is 398 g/mol. The average Bonchev–Trinajstić information content (AvgIpc) is 3.29. The summed E-state index contributed by atoms with van der Waals surface area (Å²) in [5.74, 6) is 1.16. The van der Waals surface area contributed by atoms with Crippen molar-refractivity contribution in [2.75, 3.05) is 18.0 Å². The van der Waals surface area contributed by atoms with E-state index in [0.717, 1.165) is 43.0 Å². The number of hydrogen-bond acceptors (Lipinski definition) is 5. The molecule has 30 heavy (non-hydrogen) atoms. The molecule has 0 atom stereocenters. The highest BCUT2D eigenvalue weighted by Gasteiger charge is 2.25. The molecule has 5 rings (SSSR count). The predicted octanol–water partition coefficient (Wildman–Crippen LogP) is 4.35. The van der Waals surface area contributed by atoms with Crippen LogP contribution in [-0.2, 0) is 0 Å². The van der Waals surface area contributed by atoms with E-state index in [1.54, 1.807) is 30.6 Å². The molecule has 0 saturated carbocycles. The summed E-state index contributed by atoms with van der Waals surface area (Å²) in [4.78, 5) is 15.6. The lowest BCUT2D eigenvalue weighted by atomic mass is 10.0. The SMILES string of the molecule is N#Cc1cccnc1N1CCC(n2ccnc2-c2ccc3cccc(F)c3n2)CC1. The van der Waals surface area contributed by atoms with Gasteiger partial charge in [-0.2, -0.15) is 5.26 Å². The molecule has 1 fully saturated rings. The first-order valence-corrected chi connectivity index (χ1v) is 9.93. The minimum absolute atomic E-state index is 0.256. The maximum absolute atomic E-state index is 14.2. The Morgan fingerprint density at radius 3 is 2.70 bits per heavy atom. The Labute approximate surface area is 173 Å². The van der Waals surface area contributed by atoms with Crippen LogP contribution in [-0.4, -0.2) is 32.6 Å². The fraction of sp³-hybridized carbons (Fsp3) is 0.217. The summed E-state index contributed by atoms with van der Waals surface area (Å²) in [5, 5.41) is 10.1. The van der Waals surface area contributed by atoms with E-state index in [9.17, 15) is 9.65 Å². The van der Waals surface area contributed by atoms with E-state index in [1.807, 2.05) is 24.4 Å². The summed E-state index contributed by atoms with van der Waals surface area (Å²) in [6.07, 6.45) is 7.24. The van der Waals surface area contributed by atoms with Gasteiger partial charge in [-0.25, -0.2) is 19.3 Å². The van der Waals surface area contributed by atoms with Gasteiger partial charge in [0.15, 0.2) is 5.82 Å². The third-order valence-corrected chi connectivity index (χ3v) is 5.63.